The van der Waals surface area contributed by atoms with Gasteiger partial charge < -0.3 is 5.32 Å². The van der Waals surface area contributed by atoms with Crippen molar-refractivity contribution in [2.24, 2.45) is 10.2 Å². The van der Waals surface area contributed by atoms with Crippen molar-refractivity contribution in [3.8, 4) is 0 Å². The van der Waals surface area contributed by atoms with Gasteiger partial charge in [0, 0.05) is 18.0 Å². The fraction of sp³-hybridized carbons (Fsp3) is 0.333. The second-order valence-electron chi connectivity index (χ2n) is 5.98. The average molecular weight is 301 g/mol. The van der Waals surface area contributed by atoms with Gasteiger partial charge in [-0.2, -0.15) is 5.11 Å². The maximum Gasteiger partial charge on any atom is 0.292 e. The van der Waals surface area contributed by atoms with Gasteiger partial charge in [-0.25, -0.2) is 0 Å². The molecule has 0 aliphatic heterocycles. The van der Waals surface area contributed by atoms with E-state index >= 15 is 0 Å². The van der Waals surface area contributed by atoms with Gasteiger partial charge in [-0.05, 0) is 24.3 Å². The molecule has 3 N–H and O–H groups in total. The van der Waals surface area contributed by atoms with E-state index in [-0.39, 0.29) is 22.6 Å². The summed E-state index contributed by atoms with van der Waals surface area (Å²) in [5, 5.41) is 16.2. The van der Waals surface area contributed by atoms with Gasteiger partial charge in [0.2, 0.25) is 5.91 Å². The highest BCUT2D eigenvalue weighted by atomic mass is 16.1. The number of aromatic amines is 2. The molecule has 0 radical (unpaired) electrons. The summed E-state index contributed by atoms with van der Waals surface area (Å²) < 4.78 is 0. The fourth-order valence-corrected chi connectivity index (χ4v) is 1.91. The SMILES string of the molecule is CC(=O)Nc1ccc(N=Nc2c(C(C)(C)C)[nH][nH]c2=O)cc1. The Bertz CT molecular complexity index is 747. The molecule has 116 valence electrons. The number of azo groups is 1. The van der Waals surface area contributed by atoms with Gasteiger partial charge in [-0.3, -0.25) is 19.8 Å². The van der Waals surface area contributed by atoms with E-state index in [1.807, 2.05) is 20.8 Å². The van der Waals surface area contributed by atoms with Crippen LogP contribution in [0.25, 0.3) is 0 Å². The van der Waals surface area contributed by atoms with Crippen LogP contribution < -0.4 is 10.9 Å². The molecule has 1 amide bonds. The van der Waals surface area contributed by atoms with E-state index in [0.29, 0.717) is 17.1 Å². The number of benzene rings is 1. The Balaban J connectivity index is 2.24. The largest absolute Gasteiger partial charge is 0.326 e. The Morgan fingerprint density at radius 1 is 1.09 bits per heavy atom. The van der Waals surface area contributed by atoms with E-state index < -0.39 is 0 Å². The Kier molecular flexibility index (Phi) is 4.25. The van der Waals surface area contributed by atoms with Gasteiger partial charge in [-0.1, -0.05) is 20.8 Å². The molecule has 1 heterocycles. The summed E-state index contributed by atoms with van der Waals surface area (Å²) in [6, 6.07) is 6.88. The summed E-state index contributed by atoms with van der Waals surface area (Å²) in [5.41, 5.74) is 1.71. The third-order valence-electron chi connectivity index (χ3n) is 2.96. The summed E-state index contributed by atoms with van der Waals surface area (Å²) in [6.45, 7) is 7.38. The first-order chi connectivity index (χ1) is 10.3. The van der Waals surface area contributed by atoms with Crippen LogP contribution in [0.2, 0.25) is 0 Å². The Labute approximate surface area is 127 Å². The molecular weight excluding hydrogens is 282 g/mol. The van der Waals surface area contributed by atoms with Crippen LogP contribution in [0.5, 0.6) is 0 Å². The quantitative estimate of drug-likeness (QED) is 0.757. The molecule has 0 saturated carbocycles. The summed E-state index contributed by atoms with van der Waals surface area (Å²) in [4.78, 5) is 22.7. The lowest BCUT2D eigenvalue weighted by atomic mass is 9.91. The smallest absolute Gasteiger partial charge is 0.292 e. The van der Waals surface area contributed by atoms with Crippen LogP contribution in [0.1, 0.15) is 33.4 Å². The summed E-state index contributed by atoms with van der Waals surface area (Å²) in [6.07, 6.45) is 0. The van der Waals surface area contributed by atoms with Crippen LogP contribution in [0, 0.1) is 0 Å². The number of carbonyl (C=O) groups excluding carboxylic acids is 1. The lowest BCUT2D eigenvalue weighted by Gasteiger charge is -2.15. The van der Waals surface area contributed by atoms with Gasteiger partial charge in [0.1, 0.15) is 0 Å². The summed E-state index contributed by atoms with van der Waals surface area (Å²) in [7, 11) is 0. The van der Waals surface area contributed by atoms with Gasteiger partial charge in [0.15, 0.2) is 5.69 Å². The van der Waals surface area contributed by atoms with Crippen molar-refractivity contribution in [1.82, 2.24) is 10.2 Å². The number of aromatic nitrogens is 2. The van der Waals surface area contributed by atoms with Crippen molar-refractivity contribution in [3.63, 3.8) is 0 Å². The zero-order valence-corrected chi connectivity index (χ0v) is 13.0. The minimum Gasteiger partial charge on any atom is -0.326 e. The monoisotopic (exact) mass is 301 g/mol. The van der Waals surface area contributed by atoms with E-state index in [1.165, 1.54) is 6.92 Å². The molecule has 0 unspecified atom stereocenters. The predicted octanol–water partition coefficient (Wildman–Crippen LogP) is 3.37. The minimum atomic E-state index is -0.302. The first-order valence-electron chi connectivity index (χ1n) is 6.88. The van der Waals surface area contributed by atoms with E-state index in [0.717, 1.165) is 0 Å². The molecule has 0 aliphatic rings. The normalized spacial score (nSPS) is 11.8. The maximum atomic E-state index is 11.8. The van der Waals surface area contributed by atoms with Crippen LogP contribution in [0.3, 0.4) is 0 Å². The van der Waals surface area contributed by atoms with Crippen LogP contribution in [0.15, 0.2) is 39.3 Å². The lowest BCUT2D eigenvalue weighted by molar-refractivity contribution is -0.114. The molecule has 7 heteroatoms. The second kappa shape index (κ2) is 5.97. The minimum absolute atomic E-state index is 0.136. The molecule has 7 nitrogen and oxygen atoms in total. The maximum absolute atomic E-state index is 11.8. The number of rotatable bonds is 3. The van der Waals surface area contributed by atoms with Crippen molar-refractivity contribution < 1.29 is 4.79 Å². The molecule has 0 bridgehead atoms. The third-order valence-corrected chi connectivity index (χ3v) is 2.96. The molecule has 1 aromatic heterocycles. The molecule has 2 aromatic rings. The molecule has 0 atom stereocenters. The number of hydrogen-bond acceptors (Lipinski definition) is 4. The van der Waals surface area contributed by atoms with Crippen molar-refractivity contribution in [2.45, 2.75) is 33.1 Å². The molecule has 0 fully saturated rings. The van der Waals surface area contributed by atoms with Crippen molar-refractivity contribution in [2.75, 3.05) is 5.32 Å². The number of amides is 1. The Hall–Kier alpha value is -2.70. The van der Waals surface area contributed by atoms with Crippen LogP contribution in [-0.2, 0) is 10.2 Å². The highest BCUT2D eigenvalue weighted by Gasteiger charge is 2.22. The van der Waals surface area contributed by atoms with Crippen LogP contribution in [0.4, 0.5) is 17.1 Å². The number of nitrogens with one attached hydrogen (secondary N) is 3. The first-order valence-corrected chi connectivity index (χ1v) is 6.88. The second-order valence-corrected chi connectivity index (χ2v) is 5.98. The van der Waals surface area contributed by atoms with Crippen molar-refractivity contribution in [1.29, 1.82) is 0 Å². The van der Waals surface area contributed by atoms with Gasteiger partial charge >= 0.3 is 0 Å². The Morgan fingerprint density at radius 2 is 1.73 bits per heavy atom. The lowest BCUT2D eigenvalue weighted by Crippen LogP contribution is -2.12. The highest BCUT2D eigenvalue weighted by Crippen LogP contribution is 2.28. The Morgan fingerprint density at radius 3 is 2.27 bits per heavy atom. The zero-order valence-electron chi connectivity index (χ0n) is 13.0. The fourth-order valence-electron chi connectivity index (χ4n) is 1.91. The van der Waals surface area contributed by atoms with Gasteiger partial charge in [0.05, 0.1) is 11.4 Å². The summed E-state index contributed by atoms with van der Waals surface area (Å²) >= 11 is 0. The number of nitrogens with zero attached hydrogens (tertiary/aromatic N) is 2. The molecule has 1 aromatic carbocycles. The third kappa shape index (κ3) is 3.69. The first kappa shape index (κ1) is 15.7. The van der Waals surface area contributed by atoms with Crippen molar-refractivity contribution in [3.05, 3.63) is 40.3 Å². The van der Waals surface area contributed by atoms with Crippen LogP contribution >= 0.6 is 0 Å². The number of anilines is 1. The van der Waals surface area contributed by atoms with E-state index in [2.05, 4.69) is 25.7 Å². The summed E-state index contributed by atoms with van der Waals surface area (Å²) in [5.74, 6) is -0.136. The standard InChI is InChI=1S/C15H19N5O2/c1-9(21)16-10-5-7-11(8-6-10)17-18-12-13(15(2,3)4)19-20-14(12)22/h5-8H,1-4H3,(H,16,21)(H2,19,20,22). The molecule has 2 rings (SSSR count). The van der Waals surface area contributed by atoms with E-state index in [4.69, 9.17) is 0 Å². The topological polar surface area (TPSA) is 102 Å². The molecule has 0 saturated heterocycles. The van der Waals surface area contributed by atoms with Gasteiger partial charge in [-0.15, -0.1) is 5.11 Å². The molecule has 0 aliphatic carbocycles. The van der Waals surface area contributed by atoms with Crippen molar-refractivity contribution >= 4 is 23.0 Å². The molecule has 0 spiro atoms. The molecular formula is C15H19N5O2. The number of H-pyrrole nitrogens is 2. The zero-order chi connectivity index (χ0) is 16.3. The predicted molar refractivity (Wildman–Crippen MR) is 85.0 cm³/mol. The van der Waals surface area contributed by atoms with E-state index in [1.54, 1.807) is 24.3 Å². The molecule has 22 heavy (non-hydrogen) atoms. The van der Waals surface area contributed by atoms with Gasteiger partial charge in [0.25, 0.3) is 5.56 Å². The number of hydrogen-bond donors (Lipinski definition) is 3. The highest BCUT2D eigenvalue weighted by molar-refractivity contribution is 5.88. The number of carbonyl (C=O) groups is 1. The average Bonchev–Trinajstić information content (AvgIpc) is 2.78. The van der Waals surface area contributed by atoms with E-state index in [9.17, 15) is 9.59 Å². The van der Waals surface area contributed by atoms with Crippen LogP contribution in [-0.4, -0.2) is 16.1 Å².